The Bertz CT molecular complexity index is 124. The minimum absolute atomic E-state index is 0.0489. The summed E-state index contributed by atoms with van der Waals surface area (Å²) >= 11 is 0. The van der Waals surface area contributed by atoms with Crippen LogP contribution in [0.3, 0.4) is 0 Å². The number of hydrogen-bond acceptors (Lipinski definition) is 2. The van der Waals surface area contributed by atoms with Gasteiger partial charge in [-0.1, -0.05) is 6.92 Å². The zero-order valence-corrected chi connectivity index (χ0v) is 5.42. The molecule has 1 fully saturated rings. The molecular formula is C6H11NO2. The molecule has 0 radical (unpaired) electrons. The molecule has 0 unspecified atom stereocenters. The molecule has 9 heavy (non-hydrogen) atoms. The van der Waals surface area contributed by atoms with Gasteiger partial charge in [0.15, 0.2) is 0 Å². The van der Waals surface area contributed by atoms with E-state index in [-0.39, 0.29) is 17.9 Å². The molecule has 1 saturated heterocycles. The van der Waals surface area contributed by atoms with Gasteiger partial charge in [0.2, 0.25) is 5.91 Å². The third-order valence-corrected chi connectivity index (χ3v) is 1.67. The van der Waals surface area contributed by atoms with Crippen LogP contribution < -0.4 is 5.32 Å². The molecule has 1 amide bonds. The van der Waals surface area contributed by atoms with Gasteiger partial charge >= 0.3 is 0 Å². The molecule has 0 saturated carbocycles. The van der Waals surface area contributed by atoms with Crippen molar-refractivity contribution >= 4 is 5.91 Å². The maximum atomic E-state index is 10.6. The van der Waals surface area contributed by atoms with E-state index in [1.165, 1.54) is 0 Å². The van der Waals surface area contributed by atoms with E-state index in [1.807, 2.05) is 6.92 Å². The zero-order chi connectivity index (χ0) is 6.85. The molecule has 2 N–H and O–H groups in total. The average Bonchev–Trinajstić information content (AvgIpc) is 1.80. The molecule has 0 aromatic heterocycles. The van der Waals surface area contributed by atoms with E-state index in [1.54, 1.807) is 0 Å². The normalized spacial score (nSPS) is 36.0. The number of amides is 1. The van der Waals surface area contributed by atoms with Crippen LogP contribution in [0.25, 0.3) is 0 Å². The lowest BCUT2D eigenvalue weighted by molar-refractivity contribution is -0.125. The Morgan fingerprint density at radius 3 is 2.89 bits per heavy atom. The number of hydrogen-bond donors (Lipinski definition) is 2. The smallest absolute Gasteiger partial charge is 0.220 e. The Hall–Kier alpha value is -0.570. The van der Waals surface area contributed by atoms with Crippen LogP contribution in [0.2, 0.25) is 0 Å². The first kappa shape index (κ1) is 6.55. The van der Waals surface area contributed by atoms with E-state index >= 15 is 0 Å². The van der Waals surface area contributed by atoms with Crippen LogP contribution in [-0.4, -0.2) is 23.7 Å². The summed E-state index contributed by atoms with van der Waals surface area (Å²) in [5, 5.41) is 11.7. The van der Waals surface area contributed by atoms with Crippen molar-refractivity contribution < 1.29 is 9.90 Å². The van der Waals surface area contributed by atoms with E-state index in [2.05, 4.69) is 5.32 Å². The highest BCUT2D eigenvalue weighted by atomic mass is 16.3. The Labute approximate surface area is 54.1 Å². The van der Waals surface area contributed by atoms with Crippen molar-refractivity contribution in [3.05, 3.63) is 0 Å². The Balaban J connectivity index is 2.44. The van der Waals surface area contributed by atoms with E-state index in [0.717, 1.165) is 0 Å². The monoisotopic (exact) mass is 129 g/mol. The summed E-state index contributed by atoms with van der Waals surface area (Å²) in [5.41, 5.74) is 0. The highest BCUT2D eigenvalue weighted by Gasteiger charge is 2.22. The van der Waals surface area contributed by atoms with Gasteiger partial charge in [-0.05, 0) is 5.92 Å². The van der Waals surface area contributed by atoms with E-state index in [4.69, 9.17) is 5.11 Å². The molecule has 1 aliphatic rings. The molecule has 1 heterocycles. The van der Waals surface area contributed by atoms with Gasteiger partial charge in [0.25, 0.3) is 0 Å². The molecule has 3 heteroatoms. The van der Waals surface area contributed by atoms with Crippen LogP contribution in [0.15, 0.2) is 0 Å². The van der Waals surface area contributed by atoms with Gasteiger partial charge < -0.3 is 10.4 Å². The van der Waals surface area contributed by atoms with Gasteiger partial charge in [-0.15, -0.1) is 0 Å². The number of carbonyl (C=O) groups is 1. The Kier molecular flexibility index (Phi) is 1.71. The van der Waals surface area contributed by atoms with Crippen molar-refractivity contribution in [2.24, 2.45) is 5.92 Å². The summed E-state index contributed by atoms with van der Waals surface area (Å²) in [6, 6.07) is 0. The summed E-state index contributed by atoms with van der Waals surface area (Å²) in [6.07, 6.45) is 0.115. The van der Waals surface area contributed by atoms with Crippen molar-refractivity contribution in [2.75, 3.05) is 6.54 Å². The largest absolute Gasteiger partial charge is 0.391 e. The van der Waals surface area contributed by atoms with Gasteiger partial charge in [-0.2, -0.15) is 0 Å². The lowest BCUT2D eigenvalue weighted by Gasteiger charge is -2.23. The predicted molar refractivity (Wildman–Crippen MR) is 32.8 cm³/mol. The molecule has 1 aliphatic heterocycles. The summed E-state index contributed by atoms with van der Waals surface area (Å²) in [7, 11) is 0. The summed E-state index contributed by atoms with van der Waals surface area (Å²) in [5.74, 6) is 0.173. The highest BCUT2D eigenvalue weighted by molar-refractivity contribution is 5.77. The molecule has 0 aliphatic carbocycles. The standard InChI is InChI=1S/C6H11NO2/c1-4-2-6(9)7-3-5(4)8/h4-5,8H,2-3H2,1H3,(H,7,9)/t4-,5+/m0/s1. The molecule has 0 aromatic rings. The van der Waals surface area contributed by atoms with Crippen LogP contribution >= 0.6 is 0 Å². The van der Waals surface area contributed by atoms with Crippen molar-refractivity contribution in [1.82, 2.24) is 5.32 Å². The lowest BCUT2D eigenvalue weighted by Crippen LogP contribution is -2.42. The topological polar surface area (TPSA) is 49.3 Å². The molecule has 3 nitrogen and oxygen atoms in total. The minimum atomic E-state index is -0.345. The molecule has 2 atom stereocenters. The molecule has 0 spiro atoms. The first-order valence-corrected chi connectivity index (χ1v) is 3.15. The van der Waals surface area contributed by atoms with E-state index in [9.17, 15) is 4.79 Å². The quantitative estimate of drug-likeness (QED) is 0.463. The Morgan fingerprint density at radius 2 is 2.44 bits per heavy atom. The van der Waals surface area contributed by atoms with Crippen LogP contribution in [0.4, 0.5) is 0 Å². The van der Waals surface area contributed by atoms with Gasteiger partial charge in [0.05, 0.1) is 6.10 Å². The first-order chi connectivity index (χ1) is 4.20. The summed E-state index contributed by atoms with van der Waals surface area (Å²) < 4.78 is 0. The molecule has 1 rings (SSSR count). The van der Waals surface area contributed by atoms with Crippen molar-refractivity contribution in [2.45, 2.75) is 19.4 Å². The van der Waals surface area contributed by atoms with Crippen molar-refractivity contribution in [3.63, 3.8) is 0 Å². The molecule has 0 bridgehead atoms. The number of rotatable bonds is 0. The van der Waals surface area contributed by atoms with Crippen LogP contribution in [0, 0.1) is 5.92 Å². The van der Waals surface area contributed by atoms with Gasteiger partial charge in [0.1, 0.15) is 0 Å². The number of aliphatic hydroxyl groups is 1. The second-order valence-electron chi connectivity index (χ2n) is 2.55. The van der Waals surface area contributed by atoms with Crippen LogP contribution in [0.1, 0.15) is 13.3 Å². The molecular weight excluding hydrogens is 118 g/mol. The second-order valence-corrected chi connectivity index (χ2v) is 2.55. The van der Waals surface area contributed by atoms with Crippen LogP contribution in [-0.2, 0) is 4.79 Å². The fourth-order valence-electron chi connectivity index (χ4n) is 0.920. The van der Waals surface area contributed by atoms with E-state index < -0.39 is 0 Å². The average molecular weight is 129 g/mol. The Morgan fingerprint density at radius 1 is 1.78 bits per heavy atom. The van der Waals surface area contributed by atoms with Gasteiger partial charge in [-0.3, -0.25) is 4.79 Å². The van der Waals surface area contributed by atoms with Gasteiger partial charge in [0, 0.05) is 13.0 Å². The van der Waals surface area contributed by atoms with Gasteiger partial charge in [-0.25, -0.2) is 0 Å². The SMILES string of the molecule is C[C@H]1CC(=O)NC[C@H]1O. The third-order valence-electron chi connectivity index (χ3n) is 1.67. The molecule has 0 aromatic carbocycles. The summed E-state index contributed by atoms with van der Waals surface area (Å²) in [4.78, 5) is 10.6. The van der Waals surface area contributed by atoms with E-state index in [0.29, 0.717) is 13.0 Å². The maximum Gasteiger partial charge on any atom is 0.220 e. The minimum Gasteiger partial charge on any atom is -0.391 e. The second kappa shape index (κ2) is 2.35. The number of piperidine rings is 1. The lowest BCUT2D eigenvalue weighted by atomic mass is 9.97. The maximum absolute atomic E-state index is 10.6. The summed E-state index contributed by atoms with van der Waals surface area (Å²) in [6.45, 7) is 2.30. The predicted octanol–water partition coefficient (Wildman–Crippen LogP) is -0.497. The number of carbonyl (C=O) groups excluding carboxylic acids is 1. The number of aliphatic hydroxyl groups excluding tert-OH is 1. The van der Waals surface area contributed by atoms with Crippen molar-refractivity contribution in [3.8, 4) is 0 Å². The zero-order valence-electron chi connectivity index (χ0n) is 5.42. The highest BCUT2D eigenvalue weighted by Crippen LogP contribution is 2.10. The van der Waals surface area contributed by atoms with Crippen molar-refractivity contribution in [1.29, 1.82) is 0 Å². The fourth-order valence-corrected chi connectivity index (χ4v) is 0.920. The first-order valence-electron chi connectivity index (χ1n) is 3.15. The number of nitrogens with one attached hydrogen (secondary N) is 1. The van der Waals surface area contributed by atoms with Crippen LogP contribution in [0.5, 0.6) is 0 Å². The fraction of sp³-hybridized carbons (Fsp3) is 0.833. The molecule has 52 valence electrons. The number of β-amino-alcohol motifs (C(OH)–C–C–N with tert-alkyl or cyclic N) is 1. The third kappa shape index (κ3) is 1.42.